The molecule has 1 aromatic rings. The van der Waals surface area contributed by atoms with Crippen LogP contribution in [0.5, 0.6) is 0 Å². The Kier molecular flexibility index (Phi) is 4.65. The van der Waals surface area contributed by atoms with Crippen molar-refractivity contribution in [2.75, 3.05) is 25.0 Å². The third kappa shape index (κ3) is 2.86. The minimum absolute atomic E-state index is 0.423. The summed E-state index contributed by atoms with van der Waals surface area (Å²) in [4.78, 5) is 2.57. The molecule has 18 heavy (non-hydrogen) atoms. The summed E-state index contributed by atoms with van der Waals surface area (Å²) in [6.07, 6.45) is 4.05. The minimum atomic E-state index is 0.423. The van der Waals surface area contributed by atoms with Crippen LogP contribution in [-0.4, -0.2) is 20.1 Å². The van der Waals surface area contributed by atoms with Gasteiger partial charge in [-0.3, -0.25) is 0 Å². The fourth-order valence-electron chi connectivity index (χ4n) is 2.99. The van der Waals surface area contributed by atoms with Gasteiger partial charge in [-0.25, -0.2) is 0 Å². The van der Waals surface area contributed by atoms with Crippen molar-refractivity contribution >= 4 is 5.69 Å². The summed E-state index contributed by atoms with van der Waals surface area (Å²) in [6.45, 7) is 6.98. The van der Waals surface area contributed by atoms with E-state index in [4.69, 9.17) is 0 Å². The van der Waals surface area contributed by atoms with E-state index in [2.05, 4.69) is 48.3 Å². The molecule has 2 heteroatoms. The number of hydrogen-bond donors (Lipinski definition) is 1. The summed E-state index contributed by atoms with van der Waals surface area (Å²) in [5, 5.41) is 3.35. The highest BCUT2D eigenvalue weighted by Crippen LogP contribution is 2.31. The SMILES string of the molecule is CCCC1CCN(c2ccccc2C(C)NC)C1. The molecule has 1 aromatic carbocycles. The van der Waals surface area contributed by atoms with Gasteiger partial charge in [0.1, 0.15) is 0 Å². The molecular weight excluding hydrogens is 220 g/mol. The molecule has 0 spiro atoms. The first kappa shape index (κ1) is 13.4. The Morgan fingerprint density at radius 1 is 1.39 bits per heavy atom. The molecule has 2 unspecified atom stereocenters. The third-order valence-corrected chi connectivity index (χ3v) is 4.16. The first-order valence-corrected chi connectivity index (χ1v) is 7.27. The van der Waals surface area contributed by atoms with Gasteiger partial charge in [-0.2, -0.15) is 0 Å². The molecule has 0 amide bonds. The van der Waals surface area contributed by atoms with Crippen LogP contribution >= 0.6 is 0 Å². The van der Waals surface area contributed by atoms with Crippen molar-refractivity contribution < 1.29 is 0 Å². The van der Waals surface area contributed by atoms with Crippen LogP contribution in [-0.2, 0) is 0 Å². The highest BCUT2D eigenvalue weighted by Gasteiger charge is 2.24. The lowest BCUT2D eigenvalue weighted by Crippen LogP contribution is -2.23. The van der Waals surface area contributed by atoms with Crippen LogP contribution in [0, 0.1) is 5.92 Å². The number of para-hydroxylation sites is 1. The highest BCUT2D eigenvalue weighted by atomic mass is 15.2. The van der Waals surface area contributed by atoms with Gasteiger partial charge < -0.3 is 10.2 Å². The van der Waals surface area contributed by atoms with Crippen LogP contribution in [0.3, 0.4) is 0 Å². The lowest BCUT2D eigenvalue weighted by Gasteiger charge is -2.24. The Morgan fingerprint density at radius 3 is 2.89 bits per heavy atom. The number of nitrogens with one attached hydrogen (secondary N) is 1. The molecule has 2 rings (SSSR count). The Bertz CT molecular complexity index is 375. The number of hydrogen-bond acceptors (Lipinski definition) is 2. The van der Waals surface area contributed by atoms with Crippen molar-refractivity contribution in [3.05, 3.63) is 29.8 Å². The van der Waals surface area contributed by atoms with Crippen LogP contribution in [0.25, 0.3) is 0 Å². The molecule has 0 saturated carbocycles. The Balaban J connectivity index is 2.14. The summed E-state index contributed by atoms with van der Waals surface area (Å²) in [5.74, 6) is 0.896. The Morgan fingerprint density at radius 2 is 2.17 bits per heavy atom. The topological polar surface area (TPSA) is 15.3 Å². The quantitative estimate of drug-likeness (QED) is 0.854. The number of rotatable bonds is 5. The molecule has 1 saturated heterocycles. The predicted octanol–water partition coefficient (Wildman–Crippen LogP) is 3.59. The van der Waals surface area contributed by atoms with Gasteiger partial charge in [0, 0.05) is 24.8 Å². The Labute approximate surface area is 111 Å². The van der Waals surface area contributed by atoms with Crippen molar-refractivity contribution in [1.29, 1.82) is 0 Å². The third-order valence-electron chi connectivity index (χ3n) is 4.16. The first-order valence-electron chi connectivity index (χ1n) is 7.27. The second-order valence-corrected chi connectivity index (χ2v) is 5.46. The second kappa shape index (κ2) is 6.24. The van der Waals surface area contributed by atoms with Gasteiger partial charge in [-0.15, -0.1) is 0 Å². The fourth-order valence-corrected chi connectivity index (χ4v) is 2.99. The van der Waals surface area contributed by atoms with E-state index in [-0.39, 0.29) is 0 Å². The zero-order chi connectivity index (χ0) is 13.0. The second-order valence-electron chi connectivity index (χ2n) is 5.46. The maximum Gasteiger partial charge on any atom is 0.0414 e. The summed E-state index contributed by atoms with van der Waals surface area (Å²) >= 11 is 0. The molecular formula is C16H26N2. The van der Waals surface area contributed by atoms with Crippen LogP contribution in [0.1, 0.15) is 44.7 Å². The van der Waals surface area contributed by atoms with Crippen molar-refractivity contribution in [2.45, 2.75) is 39.2 Å². The van der Waals surface area contributed by atoms with Gasteiger partial charge in [-0.1, -0.05) is 31.5 Å². The van der Waals surface area contributed by atoms with E-state index >= 15 is 0 Å². The van der Waals surface area contributed by atoms with Crippen molar-refractivity contribution in [1.82, 2.24) is 5.32 Å². The van der Waals surface area contributed by atoms with Gasteiger partial charge in [0.05, 0.1) is 0 Å². The molecule has 1 heterocycles. The zero-order valence-corrected chi connectivity index (χ0v) is 11.9. The lowest BCUT2D eigenvalue weighted by molar-refractivity contribution is 0.529. The number of anilines is 1. The van der Waals surface area contributed by atoms with Crippen molar-refractivity contribution in [3.8, 4) is 0 Å². The monoisotopic (exact) mass is 246 g/mol. The van der Waals surface area contributed by atoms with E-state index in [0.29, 0.717) is 6.04 Å². The molecule has 2 nitrogen and oxygen atoms in total. The van der Waals surface area contributed by atoms with Crippen LogP contribution in [0.4, 0.5) is 5.69 Å². The van der Waals surface area contributed by atoms with Crippen LogP contribution in [0.2, 0.25) is 0 Å². The Hall–Kier alpha value is -1.02. The maximum atomic E-state index is 3.35. The molecule has 0 aliphatic carbocycles. The molecule has 100 valence electrons. The maximum absolute atomic E-state index is 3.35. The van der Waals surface area contributed by atoms with E-state index in [1.807, 2.05) is 7.05 Å². The van der Waals surface area contributed by atoms with E-state index in [0.717, 1.165) is 5.92 Å². The summed E-state index contributed by atoms with van der Waals surface area (Å²) in [7, 11) is 2.03. The number of benzene rings is 1. The lowest BCUT2D eigenvalue weighted by atomic mass is 10.0. The molecule has 2 atom stereocenters. The predicted molar refractivity (Wildman–Crippen MR) is 79.1 cm³/mol. The van der Waals surface area contributed by atoms with Crippen molar-refractivity contribution in [3.63, 3.8) is 0 Å². The van der Waals surface area contributed by atoms with E-state index in [9.17, 15) is 0 Å². The minimum Gasteiger partial charge on any atom is -0.371 e. The van der Waals surface area contributed by atoms with Gasteiger partial charge in [0.15, 0.2) is 0 Å². The molecule has 1 fully saturated rings. The van der Waals surface area contributed by atoms with Gasteiger partial charge >= 0.3 is 0 Å². The van der Waals surface area contributed by atoms with E-state index in [1.54, 1.807) is 0 Å². The zero-order valence-electron chi connectivity index (χ0n) is 11.9. The average Bonchev–Trinajstić information content (AvgIpc) is 2.87. The first-order chi connectivity index (χ1) is 8.76. The molecule has 1 N–H and O–H groups in total. The summed E-state index contributed by atoms with van der Waals surface area (Å²) in [5.41, 5.74) is 2.86. The summed E-state index contributed by atoms with van der Waals surface area (Å²) < 4.78 is 0. The smallest absolute Gasteiger partial charge is 0.0414 e. The van der Waals surface area contributed by atoms with Gasteiger partial charge in [0.2, 0.25) is 0 Å². The fraction of sp³-hybridized carbons (Fsp3) is 0.625. The molecule has 0 radical (unpaired) electrons. The largest absolute Gasteiger partial charge is 0.371 e. The normalized spacial score (nSPS) is 21.3. The van der Waals surface area contributed by atoms with Gasteiger partial charge in [-0.05, 0) is 44.4 Å². The van der Waals surface area contributed by atoms with Gasteiger partial charge in [0.25, 0.3) is 0 Å². The highest BCUT2D eigenvalue weighted by molar-refractivity contribution is 5.55. The van der Waals surface area contributed by atoms with E-state index < -0.39 is 0 Å². The van der Waals surface area contributed by atoms with E-state index in [1.165, 1.54) is 43.6 Å². The van der Waals surface area contributed by atoms with Crippen LogP contribution < -0.4 is 10.2 Å². The number of nitrogens with zero attached hydrogens (tertiary/aromatic N) is 1. The molecule has 0 bridgehead atoms. The average molecular weight is 246 g/mol. The van der Waals surface area contributed by atoms with Crippen LogP contribution in [0.15, 0.2) is 24.3 Å². The molecule has 1 aliphatic heterocycles. The van der Waals surface area contributed by atoms with Crippen molar-refractivity contribution in [2.24, 2.45) is 5.92 Å². The molecule has 0 aromatic heterocycles. The molecule has 1 aliphatic rings. The standard InChI is InChI=1S/C16H26N2/c1-4-7-14-10-11-18(12-14)16-9-6-5-8-15(16)13(2)17-3/h5-6,8-9,13-14,17H,4,7,10-12H2,1-3H3. The summed E-state index contributed by atoms with van der Waals surface area (Å²) in [6, 6.07) is 9.26.